The van der Waals surface area contributed by atoms with Crippen molar-refractivity contribution in [2.45, 2.75) is 19.3 Å². The van der Waals surface area contributed by atoms with Gasteiger partial charge in [0.2, 0.25) is 0 Å². The van der Waals surface area contributed by atoms with Crippen LogP contribution in [0.5, 0.6) is 0 Å². The third-order valence-corrected chi connectivity index (χ3v) is 3.70. The molecule has 0 bridgehead atoms. The summed E-state index contributed by atoms with van der Waals surface area (Å²) >= 11 is 3.23. The second-order valence-corrected chi connectivity index (χ2v) is 5.27. The van der Waals surface area contributed by atoms with Crippen molar-refractivity contribution in [3.8, 4) is 0 Å². The molecule has 0 radical (unpaired) electrons. The molecule has 0 aromatic carbocycles. The minimum atomic E-state index is -0.822. The number of halogens is 1. The predicted octanol–water partition coefficient (Wildman–Crippen LogP) is 1.76. The molecule has 0 unspecified atom stereocenters. The maximum absolute atomic E-state index is 11.7. The van der Waals surface area contributed by atoms with E-state index in [1.54, 1.807) is 12.3 Å². The number of carbonyl (C=O) groups excluding carboxylic acids is 1. The zero-order valence-electron chi connectivity index (χ0n) is 9.12. The van der Waals surface area contributed by atoms with E-state index in [1.807, 2.05) is 0 Å². The van der Waals surface area contributed by atoms with E-state index in [9.17, 15) is 9.59 Å². The van der Waals surface area contributed by atoms with Gasteiger partial charge in [0, 0.05) is 17.2 Å². The van der Waals surface area contributed by atoms with Gasteiger partial charge in [-0.2, -0.15) is 0 Å². The molecule has 5 nitrogen and oxygen atoms in total. The number of carboxylic acid groups (broad SMARTS) is 1. The molecule has 2 rings (SSSR count). The number of hydrogen-bond acceptors (Lipinski definition) is 2. The van der Waals surface area contributed by atoms with Gasteiger partial charge in [-0.3, -0.25) is 9.59 Å². The van der Waals surface area contributed by atoms with Gasteiger partial charge in [-0.15, -0.1) is 0 Å². The Kier molecular flexibility index (Phi) is 3.24. The summed E-state index contributed by atoms with van der Waals surface area (Å²) in [6.45, 7) is 0.192. The first kappa shape index (κ1) is 12.2. The van der Waals surface area contributed by atoms with E-state index < -0.39 is 11.4 Å². The van der Waals surface area contributed by atoms with Crippen LogP contribution >= 0.6 is 15.9 Å². The molecule has 92 valence electrons. The second-order valence-electron chi connectivity index (χ2n) is 4.35. The fourth-order valence-corrected chi connectivity index (χ4v) is 2.26. The lowest BCUT2D eigenvalue weighted by molar-refractivity contribution is -0.153. The van der Waals surface area contributed by atoms with Crippen LogP contribution < -0.4 is 5.32 Å². The van der Waals surface area contributed by atoms with Gasteiger partial charge in [-0.1, -0.05) is 6.42 Å². The van der Waals surface area contributed by atoms with Crippen molar-refractivity contribution in [3.63, 3.8) is 0 Å². The Balaban J connectivity index is 1.94. The molecule has 1 aliphatic carbocycles. The Morgan fingerprint density at radius 1 is 1.53 bits per heavy atom. The lowest BCUT2D eigenvalue weighted by Crippen LogP contribution is -2.47. The number of nitrogens with one attached hydrogen (secondary N) is 2. The summed E-state index contributed by atoms with van der Waals surface area (Å²) in [6, 6.07) is 1.66. The fourth-order valence-electron chi connectivity index (χ4n) is 1.91. The van der Waals surface area contributed by atoms with E-state index in [4.69, 9.17) is 5.11 Å². The number of aliphatic carboxylic acids is 1. The van der Waals surface area contributed by atoms with E-state index >= 15 is 0 Å². The van der Waals surface area contributed by atoms with Gasteiger partial charge in [0.25, 0.3) is 5.91 Å². The Hall–Kier alpha value is -1.30. The van der Waals surface area contributed by atoms with Gasteiger partial charge in [0.05, 0.1) is 5.41 Å². The van der Waals surface area contributed by atoms with Crippen molar-refractivity contribution in [3.05, 3.63) is 22.4 Å². The van der Waals surface area contributed by atoms with Crippen molar-refractivity contribution in [1.82, 2.24) is 10.3 Å². The smallest absolute Gasteiger partial charge is 0.311 e. The third kappa shape index (κ3) is 2.36. The Labute approximate surface area is 107 Å². The highest BCUT2D eigenvalue weighted by atomic mass is 79.9. The third-order valence-electron chi connectivity index (χ3n) is 3.24. The number of amides is 1. The summed E-state index contributed by atoms with van der Waals surface area (Å²) in [5.74, 6) is -1.10. The van der Waals surface area contributed by atoms with Crippen LogP contribution in [0.2, 0.25) is 0 Å². The van der Waals surface area contributed by atoms with Crippen molar-refractivity contribution >= 4 is 27.8 Å². The van der Waals surface area contributed by atoms with Gasteiger partial charge in [-0.05, 0) is 34.8 Å². The van der Waals surface area contributed by atoms with Crippen LogP contribution in [0.1, 0.15) is 29.8 Å². The first-order valence-corrected chi connectivity index (χ1v) is 6.18. The van der Waals surface area contributed by atoms with Crippen molar-refractivity contribution in [1.29, 1.82) is 0 Å². The van der Waals surface area contributed by atoms with E-state index in [1.165, 1.54) is 0 Å². The molecular formula is C11H13BrN2O3. The highest BCUT2D eigenvalue weighted by molar-refractivity contribution is 9.10. The molecule has 1 amide bonds. The Morgan fingerprint density at radius 3 is 2.65 bits per heavy atom. The molecule has 0 aliphatic heterocycles. The minimum absolute atomic E-state index is 0.192. The summed E-state index contributed by atoms with van der Waals surface area (Å²) in [7, 11) is 0. The number of rotatable bonds is 4. The zero-order valence-corrected chi connectivity index (χ0v) is 10.7. The number of H-pyrrole nitrogens is 1. The summed E-state index contributed by atoms with van der Waals surface area (Å²) in [5.41, 5.74) is -0.323. The molecule has 3 N–H and O–H groups in total. The quantitative estimate of drug-likeness (QED) is 0.792. The van der Waals surface area contributed by atoms with Crippen LogP contribution in [-0.2, 0) is 4.79 Å². The second kappa shape index (κ2) is 4.52. The van der Waals surface area contributed by atoms with Gasteiger partial charge in [-0.25, -0.2) is 0 Å². The molecule has 1 heterocycles. The summed E-state index contributed by atoms with van der Waals surface area (Å²) in [5, 5.41) is 11.8. The number of aromatic nitrogens is 1. The first-order valence-electron chi connectivity index (χ1n) is 5.39. The van der Waals surface area contributed by atoms with Crippen molar-refractivity contribution in [2.75, 3.05) is 6.54 Å². The van der Waals surface area contributed by atoms with Gasteiger partial charge in [0.1, 0.15) is 5.69 Å². The van der Waals surface area contributed by atoms with Crippen LogP contribution in [-0.4, -0.2) is 28.5 Å². The highest BCUT2D eigenvalue weighted by Gasteiger charge is 2.44. The molecular weight excluding hydrogens is 288 g/mol. The molecule has 6 heteroatoms. The standard InChI is InChI=1S/C11H13BrN2O3/c12-7-4-8(13-5-7)9(15)14-6-11(10(16)17)2-1-3-11/h4-5,13H,1-3,6H2,(H,14,15)(H,16,17). The van der Waals surface area contributed by atoms with Crippen LogP contribution in [0, 0.1) is 5.41 Å². The number of carbonyl (C=O) groups is 2. The minimum Gasteiger partial charge on any atom is -0.481 e. The molecule has 0 saturated heterocycles. The Morgan fingerprint density at radius 2 is 2.24 bits per heavy atom. The van der Waals surface area contributed by atoms with E-state index in [0.29, 0.717) is 18.5 Å². The van der Waals surface area contributed by atoms with E-state index in [0.717, 1.165) is 10.9 Å². The summed E-state index contributed by atoms with van der Waals surface area (Å²) in [6.07, 6.45) is 3.84. The largest absolute Gasteiger partial charge is 0.481 e. The average Bonchev–Trinajstić information content (AvgIpc) is 2.62. The molecule has 0 spiro atoms. The molecule has 0 atom stereocenters. The van der Waals surface area contributed by atoms with Crippen LogP contribution in [0.25, 0.3) is 0 Å². The van der Waals surface area contributed by atoms with Crippen LogP contribution in [0.3, 0.4) is 0 Å². The molecule has 17 heavy (non-hydrogen) atoms. The Bertz CT molecular complexity index is 451. The van der Waals surface area contributed by atoms with Gasteiger partial charge < -0.3 is 15.4 Å². The van der Waals surface area contributed by atoms with Crippen molar-refractivity contribution < 1.29 is 14.7 Å². The van der Waals surface area contributed by atoms with Crippen LogP contribution in [0.15, 0.2) is 16.7 Å². The topological polar surface area (TPSA) is 82.2 Å². The molecule has 1 aromatic rings. The fraction of sp³-hybridized carbons (Fsp3) is 0.455. The normalized spacial score (nSPS) is 17.2. The average molecular weight is 301 g/mol. The molecule has 1 aromatic heterocycles. The lowest BCUT2D eigenvalue weighted by Gasteiger charge is -2.37. The van der Waals surface area contributed by atoms with Gasteiger partial charge in [0.15, 0.2) is 0 Å². The molecule has 1 aliphatic rings. The lowest BCUT2D eigenvalue weighted by atomic mass is 9.69. The highest BCUT2D eigenvalue weighted by Crippen LogP contribution is 2.40. The first-order chi connectivity index (χ1) is 8.03. The SMILES string of the molecule is O=C(NCC1(C(=O)O)CCC1)c1cc(Br)c[nH]1. The number of aromatic amines is 1. The summed E-state index contributed by atoms with van der Waals surface area (Å²) in [4.78, 5) is 25.6. The van der Waals surface area contributed by atoms with E-state index in [-0.39, 0.29) is 12.5 Å². The van der Waals surface area contributed by atoms with Crippen molar-refractivity contribution in [2.24, 2.45) is 5.41 Å². The maximum atomic E-state index is 11.7. The monoisotopic (exact) mass is 300 g/mol. The number of carboxylic acids is 1. The molecule has 1 fully saturated rings. The zero-order chi connectivity index (χ0) is 12.5. The van der Waals surface area contributed by atoms with E-state index in [2.05, 4.69) is 26.2 Å². The van der Waals surface area contributed by atoms with Crippen LogP contribution in [0.4, 0.5) is 0 Å². The maximum Gasteiger partial charge on any atom is 0.311 e. The van der Waals surface area contributed by atoms with Gasteiger partial charge >= 0.3 is 5.97 Å². The number of hydrogen-bond donors (Lipinski definition) is 3. The predicted molar refractivity (Wildman–Crippen MR) is 64.7 cm³/mol. The summed E-state index contributed by atoms with van der Waals surface area (Å²) < 4.78 is 0.791. The molecule has 1 saturated carbocycles.